The quantitative estimate of drug-likeness (QED) is 0.840. The highest BCUT2D eigenvalue weighted by molar-refractivity contribution is 5.89. The zero-order valence-electron chi connectivity index (χ0n) is 10.9. The number of aromatic amines is 1. The summed E-state index contributed by atoms with van der Waals surface area (Å²) in [4.78, 5) is 15.0. The Morgan fingerprint density at radius 2 is 1.78 bits per heavy atom. The Bertz CT molecular complexity index is 555. The number of nitrogens with one attached hydrogen (secondary N) is 1. The average Bonchev–Trinajstić information content (AvgIpc) is 2.65. The molecule has 3 nitrogen and oxygen atoms in total. The lowest BCUT2D eigenvalue weighted by molar-refractivity contribution is 0.0465. The summed E-state index contributed by atoms with van der Waals surface area (Å²) < 4.78 is 5.29. The van der Waals surface area contributed by atoms with E-state index in [2.05, 4.69) is 4.98 Å². The summed E-state index contributed by atoms with van der Waals surface area (Å²) in [7, 11) is 0. The number of rotatable bonds is 3. The number of hydrogen-bond donors (Lipinski definition) is 1. The van der Waals surface area contributed by atoms with Gasteiger partial charge in [-0.2, -0.15) is 0 Å². The van der Waals surface area contributed by atoms with E-state index >= 15 is 0 Å². The maximum absolute atomic E-state index is 12.0. The molecule has 0 amide bonds. The molecule has 2 rings (SSSR count). The van der Waals surface area contributed by atoms with Gasteiger partial charge in [-0.1, -0.05) is 30.3 Å². The Morgan fingerprint density at radius 1 is 1.11 bits per heavy atom. The van der Waals surface area contributed by atoms with E-state index < -0.39 is 0 Å². The molecule has 0 bridgehead atoms. The van der Waals surface area contributed by atoms with Crippen molar-refractivity contribution in [2.75, 3.05) is 0 Å². The molecule has 18 heavy (non-hydrogen) atoms. The molecule has 0 aliphatic rings. The van der Waals surface area contributed by atoms with Gasteiger partial charge in [0.2, 0.25) is 0 Å². The number of carbonyl (C=O) groups excluding carboxylic acids is 1. The number of aryl methyl sites for hydroxylation is 1. The molecule has 0 aliphatic carbocycles. The van der Waals surface area contributed by atoms with Crippen molar-refractivity contribution in [1.29, 1.82) is 0 Å². The van der Waals surface area contributed by atoms with E-state index in [0.717, 1.165) is 22.4 Å². The highest BCUT2D eigenvalue weighted by atomic mass is 16.5. The van der Waals surface area contributed by atoms with Crippen LogP contribution in [0.2, 0.25) is 0 Å². The van der Waals surface area contributed by atoms with Gasteiger partial charge >= 0.3 is 5.97 Å². The highest BCUT2D eigenvalue weighted by Gasteiger charge is 2.16. The van der Waals surface area contributed by atoms with Crippen molar-refractivity contribution >= 4 is 5.97 Å². The van der Waals surface area contributed by atoms with E-state index in [1.54, 1.807) is 0 Å². The minimum absolute atomic E-state index is 0.299. The molecule has 0 saturated carbocycles. The number of H-pyrrole nitrogens is 1. The fourth-order valence-electron chi connectivity index (χ4n) is 1.84. The SMILES string of the molecule is Cc1[nH]c(C(=O)OCc2ccccc2)c(C)c1C. The number of hydrogen-bond acceptors (Lipinski definition) is 2. The molecule has 2 aromatic rings. The smallest absolute Gasteiger partial charge is 0.355 e. The van der Waals surface area contributed by atoms with Crippen LogP contribution in [0, 0.1) is 20.8 Å². The first-order valence-corrected chi connectivity index (χ1v) is 5.96. The van der Waals surface area contributed by atoms with Crippen molar-refractivity contribution in [3.63, 3.8) is 0 Å². The van der Waals surface area contributed by atoms with Crippen LogP contribution in [0.3, 0.4) is 0 Å². The first-order valence-electron chi connectivity index (χ1n) is 5.96. The lowest BCUT2D eigenvalue weighted by Crippen LogP contribution is -2.07. The number of carbonyl (C=O) groups is 1. The first kappa shape index (κ1) is 12.4. The predicted octanol–water partition coefficient (Wildman–Crippen LogP) is 3.30. The van der Waals surface area contributed by atoms with Crippen LogP contribution >= 0.6 is 0 Å². The van der Waals surface area contributed by atoms with Crippen LogP contribution in [0.4, 0.5) is 0 Å². The molecule has 1 N–H and O–H groups in total. The van der Waals surface area contributed by atoms with Crippen molar-refractivity contribution in [1.82, 2.24) is 4.98 Å². The summed E-state index contributed by atoms with van der Waals surface area (Å²) in [5.41, 5.74) is 4.64. The predicted molar refractivity (Wildman–Crippen MR) is 70.6 cm³/mol. The van der Waals surface area contributed by atoms with Crippen molar-refractivity contribution in [3.8, 4) is 0 Å². The monoisotopic (exact) mass is 243 g/mol. The van der Waals surface area contributed by atoms with Crippen LogP contribution in [0.5, 0.6) is 0 Å². The molecular weight excluding hydrogens is 226 g/mol. The number of benzene rings is 1. The van der Waals surface area contributed by atoms with Gasteiger partial charge in [0.1, 0.15) is 12.3 Å². The van der Waals surface area contributed by atoms with Gasteiger partial charge in [0.05, 0.1) is 0 Å². The van der Waals surface area contributed by atoms with Crippen LogP contribution in [0.25, 0.3) is 0 Å². The first-order chi connectivity index (χ1) is 8.59. The number of ether oxygens (including phenoxy) is 1. The van der Waals surface area contributed by atoms with E-state index in [4.69, 9.17) is 4.74 Å². The number of aromatic nitrogens is 1. The Morgan fingerprint density at radius 3 is 2.33 bits per heavy atom. The molecule has 0 aliphatic heterocycles. The van der Waals surface area contributed by atoms with Gasteiger partial charge in [-0.3, -0.25) is 0 Å². The summed E-state index contributed by atoms with van der Waals surface area (Å²) in [6, 6.07) is 9.67. The molecular formula is C15H17NO2. The normalized spacial score (nSPS) is 10.4. The molecule has 3 heteroatoms. The van der Waals surface area contributed by atoms with Crippen molar-refractivity contribution < 1.29 is 9.53 Å². The molecule has 0 saturated heterocycles. The summed E-state index contributed by atoms with van der Waals surface area (Å²) >= 11 is 0. The third kappa shape index (κ3) is 2.45. The van der Waals surface area contributed by atoms with Crippen molar-refractivity contribution in [3.05, 3.63) is 58.4 Å². The van der Waals surface area contributed by atoms with E-state index in [1.807, 2.05) is 51.1 Å². The van der Waals surface area contributed by atoms with Gasteiger partial charge in [0.25, 0.3) is 0 Å². The topological polar surface area (TPSA) is 42.1 Å². The largest absolute Gasteiger partial charge is 0.456 e. The van der Waals surface area contributed by atoms with Gasteiger partial charge < -0.3 is 9.72 Å². The Kier molecular flexibility index (Phi) is 3.51. The van der Waals surface area contributed by atoms with Crippen LogP contribution < -0.4 is 0 Å². The Labute approximate surface area is 107 Å². The van der Waals surface area contributed by atoms with Gasteiger partial charge in [-0.25, -0.2) is 4.79 Å². The molecule has 1 aromatic heterocycles. The zero-order valence-corrected chi connectivity index (χ0v) is 10.9. The maximum Gasteiger partial charge on any atom is 0.355 e. The minimum Gasteiger partial charge on any atom is -0.456 e. The molecule has 94 valence electrons. The summed E-state index contributed by atoms with van der Waals surface area (Å²) in [5, 5.41) is 0. The second-order valence-corrected chi connectivity index (χ2v) is 4.44. The van der Waals surface area contributed by atoms with Crippen LogP contribution in [-0.4, -0.2) is 11.0 Å². The van der Waals surface area contributed by atoms with Crippen LogP contribution in [0.15, 0.2) is 30.3 Å². The molecule has 0 unspecified atom stereocenters. The highest BCUT2D eigenvalue weighted by Crippen LogP contribution is 2.17. The van der Waals surface area contributed by atoms with Crippen LogP contribution in [0.1, 0.15) is 32.9 Å². The van der Waals surface area contributed by atoms with E-state index in [-0.39, 0.29) is 5.97 Å². The fraction of sp³-hybridized carbons (Fsp3) is 0.267. The Hall–Kier alpha value is -2.03. The maximum atomic E-state index is 12.0. The third-order valence-corrected chi connectivity index (χ3v) is 3.23. The van der Waals surface area contributed by atoms with Gasteiger partial charge in [0, 0.05) is 5.69 Å². The molecule has 0 spiro atoms. The standard InChI is InChI=1S/C15H17NO2/c1-10-11(2)14(16-12(10)3)15(17)18-9-13-7-5-4-6-8-13/h4-8,16H,9H2,1-3H3. The molecule has 0 atom stereocenters. The van der Waals surface area contributed by atoms with Crippen molar-refractivity contribution in [2.45, 2.75) is 27.4 Å². The summed E-state index contributed by atoms with van der Waals surface area (Å²) in [5.74, 6) is -0.299. The Balaban J connectivity index is 2.06. The molecule has 0 fully saturated rings. The second-order valence-electron chi connectivity index (χ2n) is 4.44. The fourth-order valence-corrected chi connectivity index (χ4v) is 1.84. The lowest BCUT2D eigenvalue weighted by atomic mass is 10.1. The van der Waals surface area contributed by atoms with Gasteiger partial charge in [-0.05, 0) is 37.5 Å². The van der Waals surface area contributed by atoms with Gasteiger partial charge in [-0.15, -0.1) is 0 Å². The number of esters is 1. The van der Waals surface area contributed by atoms with Crippen molar-refractivity contribution in [2.24, 2.45) is 0 Å². The average molecular weight is 243 g/mol. The lowest BCUT2D eigenvalue weighted by Gasteiger charge is -2.04. The minimum atomic E-state index is -0.299. The zero-order chi connectivity index (χ0) is 13.1. The van der Waals surface area contributed by atoms with E-state index in [9.17, 15) is 4.79 Å². The molecule has 1 heterocycles. The van der Waals surface area contributed by atoms with Gasteiger partial charge in [0.15, 0.2) is 0 Å². The van der Waals surface area contributed by atoms with Crippen LogP contribution in [-0.2, 0) is 11.3 Å². The molecule has 1 aromatic carbocycles. The van der Waals surface area contributed by atoms with E-state index in [1.165, 1.54) is 0 Å². The second kappa shape index (κ2) is 5.08. The molecule has 0 radical (unpaired) electrons. The summed E-state index contributed by atoms with van der Waals surface area (Å²) in [6.45, 7) is 6.18. The van der Waals surface area contributed by atoms with E-state index in [0.29, 0.717) is 12.3 Å². The summed E-state index contributed by atoms with van der Waals surface area (Å²) in [6.07, 6.45) is 0. The third-order valence-electron chi connectivity index (χ3n) is 3.23.